The molecule has 0 unspecified atom stereocenters. The maximum Gasteiger partial charge on any atom is 0.161 e. The summed E-state index contributed by atoms with van der Waals surface area (Å²) in [5, 5.41) is 8.94. The van der Waals surface area contributed by atoms with Crippen molar-refractivity contribution in [2.45, 2.75) is 25.8 Å². The van der Waals surface area contributed by atoms with E-state index >= 15 is 0 Å². The summed E-state index contributed by atoms with van der Waals surface area (Å²) in [5.41, 5.74) is 5.95. The van der Waals surface area contributed by atoms with Crippen LogP contribution in [0.2, 0.25) is 0 Å². The molecule has 0 radical (unpaired) electrons. The molecule has 4 rings (SSSR count). The van der Waals surface area contributed by atoms with Crippen LogP contribution < -0.4 is 15.0 Å². The number of rotatable bonds is 4. The van der Waals surface area contributed by atoms with Gasteiger partial charge in [0, 0.05) is 17.8 Å². The predicted octanol–water partition coefficient (Wildman–Crippen LogP) is 4.66. The Balaban J connectivity index is 2.00. The van der Waals surface area contributed by atoms with Gasteiger partial charge in [0.05, 0.1) is 14.2 Å². The van der Waals surface area contributed by atoms with Gasteiger partial charge in [-0.3, -0.25) is 5.41 Å². The number of aromatic nitrogens is 1. The van der Waals surface area contributed by atoms with Crippen LogP contribution in [0.1, 0.15) is 18.5 Å². The van der Waals surface area contributed by atoms with E-state index in [-0.39, 0.29) is 0 Å². The first-order valence-corrected chi connectivity index (χ1v) is 9.32. The molecule has 1 aliphatic heterocycles. The number of pyridine rings is 1. The number of methoxy groups -OCH3 is 2. The molecular formula is C23H24N2O2. The molecule has 27 heavy (non-hydrogen) atoms. The Morgan fingerprint density at radius 1 is 0.852 bits per heavy atom. The maximum atomic E-state index is 8.94. The molecule has 1 aromatic heterocycles. The summed E-state index contributed by atoms with van der Waals surface area (Å²) in [5.74, 6) is 1.41. The molecule has 4 heteroatoms. The second-order valence-electron chi connectivity index (χ2n) is 6.82. The summed E-state index contributed by atoms with van der Waals surface area (Å²) >= 11 is 0. The van der Waals surface area contributed by atoms with Crippen LogP contribution in [-0.2, 0) is 13.0 Å². The van der Waals surface area contributed by atoms with Gasteiger partial charge in [-0.05, 0) is 54.2 Å². The van der Waals surface area contributed by atoms with Gasteiger partial charge < -0.3 is 14.0 Å². The Labute approximate surface area is 159 Å². The topological polar surface area (TPSA) is 47.2 Å². The summed E-state index contributed by atoms with van der Waals surface area (Å²) in [6.07, 6.45) is 3.32. The highest BCUT2D eigenvalue weighted by Crippen LogP contribution is 2.36. The lowest BCUT2D eigenvalue weighted by atomic mass is 9.93. The van der Waals surface area contributed by atoms with Crippen molar-refractivity contribution < 1.29 is 9.47 Å². The zero-order valence-electron chi connectivity index (χ0n) is 15.8. The van der Waals surface area contributed by atoms with Crippen molar-refractivity contribution >= 4 is 0 Å². The summed E-state index contributed by atoms with van der Waals surface area (Å²) in [6.45, 7) is 0.917. The van der Waals surface area contributed by atoms with Gasteiger partial charge in [-0.2, -0.15) is 0 Å². The number of hydrogen-bond donors (Lipinski definition) is 1. The molecule has 1 N–H and O–H groups in total. The zero-order valence-corrected chi connectivity index (χ0v) is 15.8. The molecule has 3 aromatic rings. The second kappa shape index (κ2) is 7.31. The molecule has 0 amide bonds. The highest BCUT2D eigenvalue weighted by molar-refractivity contribution is 5.84. The summed E-state index contributed by atoms with van der Waals surface area (Å²) < 4.78 is 13.1. The van der Waals surface area contributed by atoms with Crippen LogP contribution in [0.5, 0.6) is 11.5 Å². The largest absolute Gasteiger partial charge is 0.493 e. The molecule has 0 bridgehead atoms. The molecule has 0 atom stereocenters. The van der Waals surface area contributed by atoms with E-state index in [4.69, 9.17) is 14.9 Å². The predicted molar refractivity (Wildman–Crippen MR) is 107 cm³/mol. The fraction of sp³-hybridized carbons (Fsp3) is 0.261. The third-order valence-corrected chi connectivity index (χ3v) is 5.26. The minimum atomic E-state index is 0.586. The summed E-state index contributed by atoms with van der Waals surface area (Å²) in [7, 11) is 3.29. The lowest BCUT2D eigenvalue weighted by molar-refractivity contribution is 0.355. The Kier molecular flexibility index (Phi) is 4.71. The molecule has 2 heterocycles. The van der Waals surface area contributed by atoms with Gasteiger partial charge in [-0.15, -0.1) is 0 Å². The Hall–Kier alpha value is -3.01. The fourth-order valence-electron chi connectivity index (χ4n) is 3.89. The monoisotopic (exact) mass is 360 g/mol. The van der Waals surface area contributed by atoms with Crippen molar-refractivity contribution in [3.05, 3.63) is 65.8 Å². The molecule has 1 aliphatic rings. The second-order valence-corrected chi connectivity index (χ2v) is 6.82. The van der Waals surface area contributed by atoms with Gasteiger partial charge in [0.15, 0.2) is 11.5 Å². The highest BCUT2D eigenvalue weighted by atomic mass is 16.5. The van der Waals surface area contributed by atoms with Crippen LogP contribution in [-0.4, -0.2) is 18.8 Å². The number of hydrogen-bond acceptors (Lipinski definition) is 3. The molecule has 0 saturated heterocycles. The van der Waals surface area contributed by atoms with Gasteiger partial charge in [0.1, 0.15) is 5.49 Å². The molecule has 4 nitrogen and oxygen atoms in total. The zero-order chi connectivity index (χ0) is 18.8. The van der Waals surface area contributed by atoms with E-state index in [1.807, 2.05) is 36.4 Å². The molecule has 2 aromatic carbocycles. The van der Waals surface area contributed by atoms with Crippen molar-refractivity contribution in [1.29, 1.82) is 5.41 Å². The SMILES string of the molecule is COc1ccc(-c2cc3n(c(=N)c2-c2ccccc2)CCCC3)cc1OC. The van der Waals surface area contributed by atoms with Crippen molar-refractivity contribution in [2.24, 2.45) is 0 Å². The van der Waals surface area contributed by atoms with Crippen molar-refractivity contribution in [2.75, 3.05) is 14.2 Å². The molecule has 138 valence electrons. The lowest BCUT2D eigenvalue weighted by Gasteiger charge is -2.23. The highest BCUT2D eigenvalue weighted by Gasteiger charge is 2.18. The molecular weight excluding hydrogens is 336 g/mol. The Morgan fingerprint density at radius 2 is 1.63 bits per heavy atom. The number of ether oxygens (including phenoxy) is 2. The minimum absolute atomic E-state index is 0.586. The fourth-order valence-corrected chi connectivity index (χ4v) is 3.89. The number of nitrogens with zero attached hydrogens (tertiary/aromatic N) is 1. The standard InChI is InChI=1S/C23H24N2O2/c1-26-20-12-11-17(14-21(20)27-2)19-15-18-10-6-7-13-25(18)23(24)22(19)16-8-4-3-5-9-16/h3-5,8-9,11-12,14-15,24H,6-7,10,13H2,1-2H3. The van der Waals surface area contributed by atoms with Crippen LogP contribution in [0, 0.1) is 5.41 Å². The van der Waals surface area contributed by atoms with E-state index in [2.05, 4.69) is 22.8 Å². The number of aryl methyl sites for hydroxylation is 1. The van der Waals surface area contributed by atoms with E-state index in [1.54, 1.807) is 14.2 Å². The van der Waals surface area contributed by atoms with Crippen LogP contribution in [0.4, 0.5) is 0 Å². The maximum absolute atomic E-state index is 8.94. The van der Waals surface area contributed by atoms with Gasteiger partial charge in [-0.25, -0.2) is 0 Å². The molecule has 0 fully saturated rings. The van der Waals surface area contributed by atoms with Gasteiger partial charge in [0.2, 0.25) is 0 Å². The van der Waals surface area contributed by atoms with E-state index < -0.39 is 0 Å². The average molecular weight is 360 g/mol. The van der Waals surface area contributed by atoms with E-state index in [1.165, 1.54) is 12.1 Å². The van der Waals surface area contributed by atoms with Gasteiger partial charge in [0.25, 0.3) is 0 Å². The van der Waals surface area contributed by atoms with Gasteiger partial charge in [-0.1, -0.05) is 36.4 Å². The van der Waals surface area contributed by atoms with Crippen molar-refractivity contribution in [3.8, 4) is 33.8 Å². The first-order chi connectivity index (χ1) is 13.2. The van der Waals surface area contributed by atoms with Crippen LogP contribution in [0.15, 0.2) is 54.6 Å². The van der Waals surface area contributed by atoms with Crippen molar-refractivity contribution in [3.63, 3.8) is 0 Å². The Bertz CT molecular complexity index is 1020. The molecule has 0 saturated carbocycles. The van der Waals surface area contributed by atoms with Crippen molar-refractivity contribution in [1.82, 2.24) is 4.57 Å². The van der Waals surface area contributed by atoms with Crippen LogP contribution in [0.3, 0.4) is 0 Å². The Morgan fingerprint density at radius 3 is 2.37 bits per heavy atom. The quantitative estimate of drug-likeness (QED) is 0.736. The first kappa shape index (κ1) is 17.4. The molecule has 0 spiro atoms. The third kappa shape index (κ3) is 3.12. The van der Waals surface area contributed by atoms with E-state index in [0.29, 0.717) is 17.0 Å². The smallest absolute Gasteiger partial charge is 0.161 e. The number of fused-ring (bicyclic) bond motifs is 1. The molecule has 0 aliphatic carbocycles. The number of benzene rings is 2. The van der Waals surface area contributed by atoms with E-state index in [9.17, 15) is 0 Å². The van der Waals surface area contributed by atoms with Gasteiger partial charge >= 0.3 is 0 Å². The number of nitrogens with one attached hydrogen (secondary N) is 1. The first-order valence-electron chi connectivity index (χ1n) is 9.32. The van der Waals surface area contributed by atoms with Crippen LogP contribution >= 0.6 is 0 Å². The van der Waals surface area contributed by atoms with E-state index in [0.717, 1.165) is 41.6 Å². The average Bonchev–Trinajstić information content (AvgIpc) is 2.73. The lowest BCUT2D eigenvalue weighted by Crippen LogP contribution is -2.28. The third-order valence-electron chi connectivity index (χ3n) is 5.26. The normalized spacial score (nSPS) is 13.1. The summed E-state index contributed by atoms with van der Waals surface area (Å²) in [6, 6.07) is 18.4. The minimum Gasteiger partial charge on any atom is -0.493 e. The summed E-state index contributed by atoms with van der Waals surface area (Å²) in [4.78, 5) is 0. The van der Waals surface area contributed by atoms with Crippen LogP contribution in [0.25, 0.3) is 22.3 Å².